The van der Waals surface area contributed by atoms with Gasteiger partial charge in [0, 0.05) is 0 Å². The van der Waals surface area contributed by atoms with Gasteiger partial charge in [0.2, 0.25) is 0 Å². The van der Waals surface area contributed by atoms with Gasteiger partial charge in [0.05, 0.1) is 17.4 Å². The first-order valence-corrected chi connectivity index (χ1v) is 4.85. The van der Waals surface area contributed by atoms with E-state index < -0.39 is 11.9 Å². The molecule has 0 radical (unpaired) electrons. The zero-order valence-corrected chi connectivity index (χ0v) is 8.84. The van der Waals surface area contributed by atoms with Gasteiger partial charge < -0.3 is 9.84 Å². The van der Waals surface area contributed by atoms with Crippen molar-refractivity contribution in [2.24, 2.45) is 0 Å². The number of benzene rings is 1. The number of allylic oxidation sites excluding steroid dienone is 1. The second-order valence-electron chi connectivity index (χ2n) is 3.04. The van der Waals surface area contributed by atoms with Crippen molar-refractivity contribution in [2.75, 3.05) is 0 Å². The van der Waals surface area contributed by atoms with Gasteiger partial charge in [0.1, 0.15) is 0 Å². The van der Waals surface area contributed by atoms with E-state index in [9.17, 15) is 9.59 Å². The SMILES string of the molecule is CC/C=C/OC(=O)c1ccccc1C(=O)O. The minimum absolute atomic E-state index is 0.0516. The zero-order valence-electron chi connectivity index (χ0n) is 8.84. The summed E-state index contributed by atoms with van der Waals surface area (Å²) >= 11 is 0. The number of hydrogen-bond donors (Lipinski definition) is 1. The van der Waals surface area contributed by atoms with Crippen molar-refractivity contribution in [1.29, 1.82) is 0 Å². The molecule has 0 atom stereocenters. The maximum Gasteiger partial charge on any atom is 0.343 e. The van der Waals surface area contributed by atoms with Crippen LogP contribution in [0.5, 0.6) is 0 Å². The first-order chi connectivity index (χ1) is 7.66. The van der Waals surface area contributed by atoms with Crippen molar-refractivity contribution in [1.82, 2.24) is 0 Å². The Morgan fingerprint density at radius 3 is 2.50 bits per heavy atom. The highest BCUT2D eigenvalue weighted by Crippen LogP contribution is 2.10. The van der Waals surface area contributed by atoms with E-state index in [1.54, 1.807) is 18.2 Å². The average Bonchev–Trinajstić information content (AvgIpc) is 2.29. The fraction of sp³-hybridized carbons (Fsp3) is 0.167. The standard InChI is InChI=1S/C12H12O4/c1-2-3-8-16-12(15)10-7-5-4-6-9(10)11(13)14/h3-8H,2H2,1H3,(H,13,14)/b8-3+. The van der Waals surface area contributed by atoms with E-state index in [4.69, 9.17) is 9.84 Å². The van der Waals surface area contributed by atoms with E-state index in [2.05, 4.69) is 0 Å². The Morgan fingerprint density at radius 1 is 1.31 bits per heavy atom. The summed E-state index contributed by atoms with van der Waals surface area (Å²) in [6, 6.07) is 5.93. The Balaban J connectivity index is 2.90. The molecular weight excluding hydrogens is 208 g/mol. The van der Waals surface area contributed by atoms with E-state index in [1.807, 2.05) is 6.92 Å². The monoisotopic (exact) mass is 220 g/mol. The summed E-state index contributed by atoms with van der Waals surface area (Å²) in [5, 5.41) is 8.86. The number of ether oxygens (including phenoxy) is 1. The molecule has 4 heteroatoms. The van der Waals surface area contributed by atoms with Crippen LogP contribution in [0.25, 0.3) is 0 Å². The summed E-state index contributed by atoms with van der Waals surface area (Å²) < 4.78 is 4.78. The number of hydrogen-bond acceptors (Lipinski definition) is 3. The Hall–Kier alpha value is -2.10. The first-order valence-electron chi connectivity index (χ1n) is 4.85. The van der Waals surface area contributed by atoms with Gasteiger partial charge in [0.15, 0.2) is 0 Å². The van der Waals surface area contributed by atoms with Gasteiger partial charge in [-0.05, 0) is 24.6 Å². The zero-order chi connectivity index (χ0) is 12.0. The van der Waals surface area contributed by atoms with Gasteiger partial charge in [-0.1, -0.05) is 19.1 Å². The topological polar surface area (TPSA) is 63.6 Å². The van der Waals surface area contributed by atoms with Gasteiger partial charge in [-0.15, -0.1) is 0 Å². The molecule has 1 N–H and O–H groups in total. The fourth-order valence-electron chi connectivity index (χ4n) is 1.12. The molecule has 0 saturated carbocycles. The summed E-state index contributed by atoms with van der Waals surface area (Å²) in [7, 11) is 0. The fourth-order valence-corrected chi connectivity index (χ4v) is 1.12. The number of carbonyl (C=O) groups is 2. The molecule has 0 aliphatic heterocycles. The number of carbonyl (C=O) groups excluding carboxylic acids is 1. The van der Waals surface area contributed by atoms with Crippen molar-refractivity contribution in [2.45, 2.75) is 13.3 Å². The smallest absolute Gasteiger partial charge is 0.343 e. The second kappa shape index (κ2) is 5.70. The molecule has 0 saturated heterocycles. The Kier molecular flexibility index (Phi) is 4.27. The van der Waals surface area contributed by atoms with Crippen LogP contribution in [0.4, 0.5) is 0 Å². The molecule has 1 aromatic rings. The lowest BCUT2D eigenvalue weighted by atomic mass is 10.1. The number of carboxylic acids is 1. The molecule has 0 amide bonds. The molecule has 0 heterocycles. The second-order valence-corrected chi connectivity index (χ2v) is 3.04. The Labute approximate surface area is 93.2 Å². The number of carboxylic acid groups (broad SMARTS) is 1. The molecule has 1 rings (SSSR count). The summed E-state index contributed by atoms with van der Waals surface area (Å²) in [4.78, 5) is 22.3. The minimum Gasteiger partial charge on any atom is -0.478 e. The lowest BCUT2D eigenvalue weighted by Crippen LogP contribution is -2.09. The van der Waals surface area contributed by atoms with Crippen molar-refractivity contribution in [3.63, 3.8) is 0 Å². The number of aromatic carboxylic acids is 1. The highest BCUT2D eigenvalue weighted by molar-refractivity contribution is 6.02. The molecule has 1 aromatic carbocycles. The van der Waals surface area contributed by atoms with Crippen LogP contribution in [0.2, 0.25) is 0 Å². The van der Waals surface area contributed by atoms with Crippen molar-refractivity contribution >= 4 is 11.9 Å². The van der Waals surface area contributed by atoms with E-state index >= 15 is 0 Å². The lowest BCUT2D eigenvalue weighted by Gasteiger charge is -2.02. The van der Waals surface area contributed by atoms with E-state index in [0.717, 1.165) is 6.42 Å². The van der Waals surface area contributed by atoms with Gasteiger partial charge >= 0.3 is 11.9 Å². The van der Waals surface area contributed by atoms with Gasteiger partial charge in [0.25, 0.3) is 0 Å². The molecular formula is C12H12O4. The van der Waals surface area contributed by atoms with Crippen molar-refractivity contribution in [3.05, 3.63) is 47.7 Å². The molecule has 0 bridgehead atoms. The van der Waals surface area contributed by atoms with E-state index in [1.165, 1.54) is 18.4 Å². The molecule has 84 valence electrons. The molecule has 0 fully saturated rings. The van der Waals surface area contributed by atoms with Gasteiger partial charge in [-0.3, -0.25) is 0 Å². The normalized spacial score (nSPS) is 10.3. The Bertz CT molecular complexity index is 421. The quantitative estimate of drug-likeness (QED) is 0.625. The van der Waals surface area contributed by atoms with Gasteiger partial charge in [-0.2, -0.15) is 0 Å². The van der Waals surface area contributed by atoms with Crippen molar-refractivity contribution in [3.8, 4) is 0 Å². The van der Waals surface area contributed by atoms with Crippen LogP contribution in [0, 0.1) is 0 Å². The van der Waals surface area contributed by atoms with E-state index in [0.29, 0.717) is 0 Å². The molecule has 16 heavy (non-hydrogen) atoms. The lowest BCUT2D eigenvalue weighted by molar-refractivity contribution is 0.0631. The van der Waals surface area contributed by atoms with Crippen LogP contribution < -0.4 is 0 Å². The first kappa shape index (κ1) is 12.0. The molecule has 0 aromatic heterocycles. The van der Waals surface area contributed by atoms with Crippen LogP contribution >= 0.6 is 0 Å². The third-order valence-corrected chi connectivity index (χ3v) is 1.88. The third kappa shape index (κ3) is 2.95. The van der Waals surface area contributed by atoms with E-state index in [-0.39, 0.29) is 11.1 Å². The molecule has 4 nitrogen and oxygen atoms in total. The molecule has 0 spiro atoms. The van der Waals surface area contributed by atoms with Crippen LogP contribution in [-0.2, 0) is 4.74 Å². The number of esters is 1. The summed E-state index contributed by atoms with van der Waals surface area (Å²) in [5.41, 5.74) is -0.00634. The predicted octanol–water partition coefficient (Wildman–Crippen LogP) is 2.47. The van der Waals surface area contributed by atoms with Crippen LogP contribution in [0.1, 0.15) is 34.1 Å². The predicted molar refractivity (Wildman–Crippen MR) is 58.2 cm³/mol. The van der Waals surface area contributed by atoms with Crippen LogP contribution in [0.15, 0.2) is 36.6 Å². The highest BCUT2D eigenvalue weighted by Gasteiger charge is 2.15. The minimum atomic E-state index is -1.15. The maximum atomic E-state index is 11.5. The number of rotatable bonds is 4. The molecule has 0 aliphatic rings. The van der Waals surface area contributed by atoms with Crippen molar-refractivity contribution < 1.29 is 19.4 Å². The summed E-state index contributed by atoms with van der Waals surface area (Å²) in [5.74, 6) is -1.81. The van der Waals surface area contributed by atoms with Gasteiger partial charge in [-0.25, -0.2) is 9.59 Å². The maximum absolute atomic E-state index is 11.5. The highest BCUT2D eigenvalue weighted by atomic mass is 16.5. The molecule has 0 unspecified atom stereocenters. The summed E-state index contributed by atoms with van der Waals surface area (Å²) in [6.07, 6.45) is 3.68. The Morgan fingerprint density at radius 2 is 1.94 bits per heavy atom. The molecule has 0 aliphatic carbocycles. The average molecular weight is 220 g/mol. The van der Waals surface area contributed by atoms with Crippen LogP contribution in [-0.4, -0.2) is 17.0 Å². The largest absolute Gasteiger partial charge is 0.478 e. The summed E-state index contributed by atoms with van der Waals surface area (Å²) in [6.45, 7) is 1.90. The third-order valence-electron chi connectivity index (χ3n) is 1.88. The van der Waals surface area contributed by atoms with Crippen LogP contribution in [0.3, 0.4) is 0 Å².